The van der Waals surface area contributed by atoms with Gasteiger partial charge in [0.05, 0.1) is 36.9 Å². The van der Waals surface area contributed by atoms with Crippen LogP contribution in [-0.2, 0) is 12.8 Å². The van der Waals surface area contributed by atoms with Crippen LogP contribution >= 0.6 is 68.0 Å². The number of benzene rings is 2. The second kappa shape index (κ2) is 29.3. The predicted molar refractivity (Wildman–Crippen MR) is 392 cm³/mol. The monoisotopic (exact) mass is 1380 g/mol. The fraction of sp³-hybridized carbons (Fsp3) is 0.436. The van der Waals surface area contributed by atoms with Gasteiger partial charge in [-0.05, 0) is 136 Å². The van der Waals surface area contributed by atoms with Gasteiger partial charge in [-0.2, -0.15) is 0 Å². The van der Waals surface area contributed by atoms with Crippen molar-refractivity contribution in [3.8, 4) is 71.9 Å². The SMILES string of the molecule is CCCCC(CC)Cc1ccc(-c2c3cc(-c4sc(-c5ccc(-c6ccc(-c7ccc(-c8sc(C)c9c8C(=O)N(CC(CC)CCCC)C9=O)s7)c(F)c6F)s5)c5c4C(=O)N(CC(CC)CCCC)C5=O)oc3c(-c3ccc(CC(CC)CCCC)s3)c3cc(C)oc23)s1. The second-order valence-corrected chi connectivity index (χ2v) is 32.9. The van der Waals surface area contributed by atoms with Crippen LogP contribution in [0.5, 0.6) is 0 Å². The van der Waals surface area contributed by atoms with Gasteiger partial charge in [-0.15, -0.1) is 68.0 Å². The van der Waals surface area contributed by atoms with Gasteiger partial charge in [-0.3, -0.25) is 29.0 Å². The number of carbonyl (C=O) groups is 4. The van der Waals surface area contributed by atoms with Crippen LogP contribution in [0.4, 0.5) is 8.78 Å². The highest BCUT2D eigenvalue weighted by atomic mass is 32.1. The molecule has 8 aromatic heterocycles. The fourth-order valence-electron chi connectivity index (χ4n) is 14.1. The number of hydrogen-bond donors (Lipinski definition) is 0. The Morgan fingerprint density at radius 3 is 1.27 bits per heavy atom. The molecule has 0 bridgehead atoms. The van der Waals surface area contributed by atoms with Gasteiger partial charge in [-0.1, -0.05) is 145 Å². The van der Waals surface area contributed by atoms with E-state index in [-0.39, 0.29) is 53.1 Å². The molecule has 16 heteroatoms. The minimum absolute atomic E-state index is 0.0661. The number of unbranched alkanes of at least 4 members (excludes halogenated alkanes) is 4. The largest absolute Gasteiger partial charge is 0.461 e. The summed E-state index contributed by atoms with van der Waals surface area (Å²) < 4.78 is 48.0. The second-order valence-electron chi connectivity index (χ2n) is 26.1. The van der Waals surface area contributed by atoms with Crippen LogP contribution < -0.4 is 0 Å². The van der Waals surface area contributed by atoms with E-state index < -0.39 is 11.6 Å². The third kappa shape index (κ3) is 12.9. The Hall–Kier alpha value is -6.14. The van der Waals surface area contributed by atoms with Crippen LogP contribution in [0, 0.1) is 49.2 Å². The number of thiophene rings is 6. The third-order valence-electron chi connectivity index (χ3n) is 19.8. The number of aryl methyl sites for hydroxylation is 2. The molecule has 12 rings (SSSR count). The average molecular weight is 1380 g/mol. The molecule has 2 aliphatic heterocycles. The Balaban J connectivity index is 0.942. The predicted octanol–water partition coefficient (Wildman–Crippen LogP) is 25.3. The van der Waals surface area contributed by atoms with Gasteiger partial charge < -0.3 is 8.83 Å². The number of halogens is 2. The molecule has 10 aromatic rings. The van der Waals surface area contributed by atoms with Gasteiger partial charge in [0.2, 0.25) is 0 Å². The lowest BCUT2D eigenvalue weighted by molar-refractivity contribution is 0.0609. The molecule has 0 saturated heterocycles. The Morgan fingerprint density at radius 2 is 0.798 bits per heavy atom. The average Bonchev–Trinajstić information content (AvgIpc) is 1.56. The summed E-state index contributed by atoms with van der Waals surface area (Å²) in [7, 11) is 0. The van der Waals surface area contributed by atoms with Gasteiger partial charge in [0.15, 0.2) is 11.6 Å². The normalized spacial score (nSPS) is 14.7. The van der Waals surface area contributed by atoms with E-state index in [1.54, 1.807) is 46.9 Å². The van der Waals surface area contributed by atoms with Gasteiger partial charge in [0, 0.05) is 90.0 Å². The molecule has 10 heterocycles. The Labute approximate surface area is 576 Å². The van der Waals surface area contributed by atoms with Gasteiger partial charge in [-0.25, -0.2) is 8.78 Å². The summed E-state index contributed by atoms with van der Waals surface area (Å²) in [6.45, 7) is 22.1. The van der Waals surface area contributed by atoms with Crippen molar-refractivity contribution in [2.75, 3.05) is 13.1 Å². The number of carbonyl (C=O) groups excluding carboxylic acids is 4. The molecule has 4 amide bonds. The van der Waals surface area contributed by atoms with Crippen molar-refractivity contribution in [2.45, 2.75) is 185 Å². The van der Waals surface area contributed by atoms with Crippen molar-refractivity contribution in [1.29, 1.82) is 0 Å². The molecule has 0 fully saturated rings. The van der Waals surface area contributed by atoms with Gasteiger partial charge in [0.25, 0.3) is 23.6 Å². The van der Waals surface area contributed by atoms with Crippen molar-refractivity contribution in [3.63, 3.8) is 0 Å². The zero-order valence-electron chi connectivity index (χ0n) is 55.9. The maximum atomic E-state index is 16.9. The van der Waals surface area contributed by atoms with E-state index in [9.17, 15) is 9.59 Å². The van der Waals surface area contributed by atoms with Crippen LogP contribution in [0.25, 0.3) is 93.8 Å². The first-order valence-electron chi connectivity index (χ1n) is 34.5. The van der Waals surface area contributed by atoms with E-state index in [4.69, 9.17) is 8.83 Å². The molecule has 0 N–H and O–H groups in total. The van der Waals surface area contributed by atoms with E-state index in [0.29, 0.717) is 86.1 Å². The Bertz CT molecular complexity index is 4330. The molecule has 4 atom stereocenters. The summed E-state index contributed by atoms with van der Waals surface area (Å²) in [5.74, 6) is -0.523. The first-order valence-corrected chi connectivity index (χ1v) is 39.4. The molecule has 494 valence electrons. The Kier molecular flexibility index (Phi) is 21.1. The van der Waals surface area contributed by atoms with Crippen LogP contribution in [0.2, 0.25) is 0 Å². The summed E-state index contributed by atoms with van der Waals surface area (Å²) in [4.78, 5) is 71.0. The smallest absolute Gasteiger partial charge is 0.263 e. The molecule has 8 nitrogen and oxygen atoms in total. The van der Waals surface area contributed by atoms with E-state index >= 15 is 18.4 Å². The molecule has 0 saturated carbocycles. The number of nitrogens with zero attached hydrogens (tertiary/aromatic N) is 2. The van der Waals surface area contributed by atoms with Crippen molar-refractivity contribution in [3.05, 3.63) is 127 Å². The fourth-order valence-corrected chi connectivity index (χ4v) is 21.1. The summed E-state index contributed by atoms with van der Waals surface area (Å²) in [6, 6.07) is 23.6. The number of rotatable bonds is 31. The lowest BCUT2D eigenvalue weighted by atomic mass is 9.95. The maximum absolute atomic E-state index is 16.9. The minimum atomic E-state index is -1.01. The van der Waals surface area contributed by atoms with Crippen LogP contribution in [0.1, 0.15) is 220 Å². The van der Waals surface area contributed by atoms with Gasteiger partial charge >= 0.3 is 0 Å². The van der Waals surface area contributed by atoms with E-state index in [0.717, 1.165) is 125 Å². The number of imide groups is 2. The molecule has 4 unspecified atom stereocenters. The highest BCUT2D eigenvalue weighted by Crippen LogP contribution is 2.55. The number of fused-ring (bicyclic) bond motifs is 4. The van der Waals surface area contributed by atoms with E-state index in [1.807, 2.05) is 26.0 Å². The quantitative estimate of drug-likeness (QED) is 0.0401. The van der Waals surface area contributed by atoms with Crippen molar-refractivity contribution in [1.82, 2.24) is 9.80 Å². The van der Waals surface area contributed by atoms with Crippen molar-refractivity contribution in [2.24, 2.45) is 23.7 Å². The molecule has 94 heavy (non-hydrogen) atoms. The lowest BCUT2D eigenvalue weighted by Crippen LogP contribution is -2.34. The number of furan rings is 2. The van der Waals surface area contributed by atoms with Crippen LogP contribution in [-0.4, -0.2) is 46.5 Å². The molecule has 2 aromatic carbocycles. The standard InChI is InChI=1S/C78H86F2N2O6S6/c1-11-19-23-45(15-5)38-49-27-31-58(90-49)63-53-37-43(9)87-70(53)64(59-32-28-50(91-59)39-46(16-6)24-20-12-2)54-40-55(88-71(54)63)72-66-67(78(86)82(77(66)85)42-48(18-8)26-22-14-4)74(94-72)61-36-34-57(93-61)52-30-29-51(68(79)69(52)80)56-33-35-60(92-56)73-65-62(44(10)89-73)75(83)81(76(65)84)41-47(17-7)25-21-13-3/h27-37,40,45-48H,11-26,38-39,41-42H2,1-10H3. The van der Waals surface area contributed by atoms with E-state index in [2.05, 4.69) is 91.8 Å². The van der Waals surface area contributed by atoms with Crippen LogP contribution in [0.15, 0.2) is 81.6 Å². The first kappa shape index (κ1) is 67.8. The third-order valence-corrected chi connectivity index (χ3v) is 26.9. The highest BCUT2D eigenvalue weighted by molar-refractivity contribution is 7.26. The highest BCUT2D eigenvalue weighted by Gasteiger charge is 2.45. The molecule has 0 spiro atoms. The summed E-state index contributed by atoms with van der Waals surface area (Å²) in [6.07, 6.45) is 18.9. The lowest BCUT2D eigenvalue weighted by Gasteiger charge is -2.21. The van der Waals surface area contributed by atoms with E-state index in [1.165, 1.54) is 103 Å². The Morgan fingerprint density at radius 1 is 0.404 bits per heavy atom. The van der Waals surface area contributed by atoms with Gasteiger partial charge in [0.1, 0.15) is 22.7 Å². The minimum Gasteiger partial charge on any atom is -0.461 e. The zero-order valence-corrected chi connectivity index (χ0v) is 60.8. The summed E-state index contributed by atoms with van der Waals surface area (Å²) in [5, 5.41) is 1.83. The molecule has 0 radical (unpaired) electrons. The van der Waals surface area contributed by atoms with Crippen molar-refractivity contribution < 1.29 is 36.8 Å². The number of hydrogen-bond acceptors (Lipinski definition) is 12. The van der Waals surface area contributed by atoms with Crippen LogP contribution in [0.3, 0.4) is 0 Å². The molecule has 2 aliphatic rings. The first-order chi connectivity index (χ1) is 45.6. The van der Waals surface area contributed by atoms with Crippen molar-refractivity contribution >= 4 is 114 Å². The molecule has 0 aliphatic carbocycles. The summed E-state index contributed by atoms with van der Waals surface area (Å²) >= 11 is 8.84. The topological polar surface area (TPSA) is 101 Å². The summed E-state index contributed by atoms with van der Waals surface area (Å²) in [5.41, 5.74) is 4.96. The maximum Gasteiger partial charge on any atom is 0.263 e. The zero-order chi connectivity index (χ0) is 66.2. The molecular formula is C78H86F2N2O6S6. The molecular weight excluding hydrogens is 1290 g/mol. The number of amides is 4.